The summed E-state index contributed by atoms with van der Waals surface area (Å²) in [6.07, 6.45) is 1.28. The number of benzene rings is 2. The van der Waals surface area contributed by atoms with Crippen molar-refractivity contribution < 1.29 is 27.8 Å². The molecule has 2 amide bonds. The third kappa shape index (κ3) is 6.55. The van der Waals surface area contributed by atoms with Crippen LogP contribution in [0.3, 0.4) is 0 Å². The molecule has 0 aliphatic carbocycles. The van der Waals surface area contributed by atoms with Crippen molar-refractivity contribution in [2.75, 3.05) is 26.2 Å². The van der Waals surface area contributed by atoms with Gasteiger partial charge in [-0.05, 0) is 43.2 Å². The SMILES string of the molecule is O=C(NCCOc1cccc(Cl)c1)C1CCCN(C(=O)c2ccccc2OC(F)F)C1. The Labute approximate surface area is 184 Å². The van der Waals surface area contributed by atoms with Crippen LogP contribution < -0.4 is 14.8 Å². The predicted octanol–water partition coefficient (Wildman–Crippen LogP) is 3.99. The number of carbonyl (C=O) groups is 2. The fraction of sp³-hybridized carbons (Fsp3) is 0.364. The maximum atomic E-state index is 12.9. The Balaban J connectivity index is 1.51. The molecule has 1 atom stereocenters. The first-order valence-electron chi connectivity index (χ1n) is 9.93. The van der Waals surface area contributed by atoms with Crippen LogP contribution >= 0.6 is 11.6 Å². The van der Waals surface area contributed by atoms with Crippen LogP contribution in [0.2, 0.25) is 5.02 Å². The first-order valence-corrected chi connectivity index (χ1v) is 10.3. The second kappa shape index (κ2) is 10.9. The lowest BCUT2D eigenvalue weighted by Gasteiger charge is -2.32. The summed E-state index contributed by atoms with van der Waals surface area (Å²) < 4.78 is 35.3. The molecule has 1 unspecified atom stereocenters. The van der Waals surface area contributed by atoms with E-state index >= 15 is 0 Å². The van der Waals surface area contributed by atoms with Gasteiger partial charge < -0.3 is 19.7 Å². The minimum Gasteiger partial charge on any atom is -0.492 e. The second-order valence-electron chi connectivity index (χ2n) is 7.06. The van der Waals surface area contributed by atoms with Crippen molar-refractivity contribution >= 4 is 23.4 Å². The highest BCUT2D eigenvalue weighted by atomic mass is 35.5. The van der Waals surface area contributed by atoms with Crippen LogP contribution in [0.4, 0.5) is 8.78 Å². The first kappa shape index (κ1) is 22.8. The van der Waals surface area contributed by atoms with Crippen LogP contribution in [0.1, 0.15) is 23.2 Å². The molecule has 1 aliphatic heterocycles. The molecule has 1 saturated heterocycles. The van der Waals surface area contributed by atoms with E-state index in [1.807, 2.05) is 0 Å². The van der Waals surface area contributed by atoms with Gasteiger partial charge in [0.05, 0.1) is 18.0 Å². The third-order valence-corrected chi connectivity index (χ3v) is 5.11. The van der Waals surface area contributed by atoms with Gasteiger partial charge in [0.2, 0.25) is 5.91 Å². The van der Waals surface area contributed by atoms with Gasteiger partial charge in [-0.2, -0.15) is 8.78 Å². The number of nitrogens with zero attached hydrogens (tertiary/aromatic N) is 1. The molecule has 1 heterocycles. The highest BCUT2D eigenvalue weighted by Crippen LogP contribution is 2.25. The largest absolute Gasteiger partial charge is 0.492 e. The van der Waals surface area contributed by atoms with Gasteiger partial charge in [-0.1, -0.05) is 29.8 Å². The number of nitrogens with one attached hydrogen (secondary N) is 1. The molecule has 9 heteroatoms. The maximum Gasteiger partial charge on any atom is 0.387 e. The second-order valence-corrected chi connectivity index (χ2v) is 7.50. The van der Waals surface area contributed by atoms with Crippen molar-refractivity contribution in [1.29, 1.82) is 0 Å². The number of alkyl halides is 2. The van der Waals surface area contributed by atoms with Crippen molar-refractivity contribution in [3.8, 4) is 11.5 Å². The molecule has 2 aromatic carbocycles. The number of ether oxygens (including phenoxy) is 2. The fourth-order valence-electron chi connectivity index (χ4n) is 3.43. The minimum atomic E-state index is -3.03. The van der Waals surface area contributed by atoms with E-state index in [9.17, 15) is 18.4 Å². The Bertz CT molecular complexity index is 913. The molecule has 2 aromatic rings. The Hall–Kier alpha value is -2.87. The third-order valence-electron chi connectivity index (χ3n) is 4.88. The summed E-state index contributed by atoms with van der Waals surface area (Å²) in [7, 11) is 0. The molecule has 31 heavy (non-hydrogen) atoms. The summed E-state index contributed by atoms with van der Waals surface area (Å²) in [5.41, 5.74) is 0.0544. The number of hydrogen-bond donors (Lipinski definition) is 1. The summed E-state index contributed by atoms with van der Waals surface area (Å²) in [5.74, 6) is -0.553. The zero-order valence-corrected chi connectivity index (χ0v) is 17.5. The van der Waals surface area contributed by atoms with E-state index in [1.165, 1.54) is 23.1 Å². The van der Waals surface area contributed by atoms with Crippen molar-refractivity contribution in [2.45, 2.75) is 19.5 Å². The van der Waals surface area contributed by atoms with Crippen molar-refractivity contribution in [2.24, 2.45) is 5.92 Å². The smallest absolute Gasteiger partial charge is 0.387 e. The fourth-order valence-corrected chi connectivity index (χ4v) is 3.61. The lowest BCUT2D eigenvalue weighted by Crippen LogP contribution is -2.46. The van der Waals surface area contributed by atoms with Crippen LogP contribution in [-0.4, -0.2) is 49.6 Å². The summed E-state index contributed by atoms with van der Waals surface area (Å²) >= 11 is 5.90. The highest BCUT2D eigenvalue weighted by Gasteiger charge is 2.30. The van der Waals surface area contributed by atoms with Crippen LogP contribution in [-0.2, 0) is 4.79 Å². The number of likely N-dealkylation sites (tertiary alicyclic amines) is 1. The van der Waals surface area contributed by atoms with E-state index < -0.39 is 12.5 Å². The lowest BCUT2D eigenvalue weighted by atomic mass is 9.96. The average Bonchev–Trinajstić information content (AvgIpc) is 2.76. The number of rotatable bonds is 8. The summed E-state index contributed by atoms with van der Waals surface area (Å²) in [5, 5.41) is 3.38. The molecule has 1 N–H and O–H groups in total. The van der Waals surface area contributed by atoms with Gasteiger partial charge in [0, 0.05) is 18.1 Å². The molecular weight excluding hydrogens is 430 g/mol. The number of amides is 2. The lowest BCUT2D eigenvalue weighted by molar-refractivity contribution is -0.126. The molecule has 1 fully saturated rings. The Morgan fingerprint density at radius 3 is 2.77 bits per heavy atom. The number of piperidine rings is 1. The maximum absolute atomic E-state index is 12.9. The van der Waals surface area contributed by atoms with Crippen LogP contribution in [0.25, 0.3) is 0 Å². The summed E-state index contributed by atoms with van der Waals surface area (Å²) in [4.78, 5) is 26.9. The zero-order chi connectivity index (χ0) is 22.2. The molecular formula is C22H23ClF2N2O4. The van der Waals surface area contributed by atoms with Crippen LogP contribution in [0, 0.1) is 5.92 Å². The van der Waals surface area contributed by atoms with E-state index in [4.69, 9.17) is 16.3 Å². The van der Waals surface area contributed by atoms with Crippen molar-refractivity contribution in [1.82, 2.24) is 10.2 Å². The predicted molar refractivity (Wildman–Crippen MR) is 112 cm³/mol. The number of carbonyl (C=O) groups excluding carboxylic acids is 2. The first-order chi connectivity index (χ1) is 14.9. The topological polar surface area (TPSA) is 67.9 Å². The van der Waals surface area contributed by atoms with Gasteiger partial charge in [-0.15, -0.1) is 0 Å². The summed E-state index contributed by atoms with van der Waals surface area (Å²) in [6.45, 7) is -1.78. The van der Waals surface area contributed by atoms with Gasteiger partial charge >= 0.3 is 6.61 Å². The quantitative estimate of drug-likeness (QED) is 0.615. The van der Waals surface area contributed by atoms with Crippen molar-refractivity contribution in [3.05, 3.63) is 59.1 Å². The zero-order valence-electron chi connectivity index (χ0n) is 16.7. The molecule has 0 saturated carbocycles. The van der Waals surface area contributed by atoms with E-state index in [0.717, 1.165) is 0 Å². The number of hydrogen-bond acceptors (Lipinski definition) is 4. The van der Waals surface area contributed by atoms with Crippen LogP contribution in [0.5, 0.6) is 11.5 Å². The van der Waals surface area contributed by atoms with Crippen LogP contribution in [0.15, 0.2) is 48.5 Å². The minimum absolute atomic E-state index is 0.0544. The molecule has 0 bridgehead atoms. The van der Waals surface area contributed by atoms with Crippen molar-refractivity contribution in [3.63, 3.8) is 0 Å². The Morgan fingerprint density at radius 1 is 1.19 bits per heavy atom. The molecule has 3 rings (SSSR count). The molecule has 0 spiro atoms. The van der Waals surface area contributed by atoms with Gasteiger partial charge in [0.15, 0.2) is 0 Å². The van der Waals surface area contributed by atoms with Gasteiger partial charge in [-0.3, -0.25) is 9.59 Å². The molecule has 0 aromatic heterocycles. The van der Waals surface area contributed by atoms with E-state index in [0.29, 0.717) is 36.7 Å². The monoisotopic (exact) mass is 452 g/mol. The standard InChI is InChI=1S/C22H23ClF2N2O4/c23-16-6-3-7-17(13-16)30-12-10-26-20(28)15-5-4-11-27(14-15)21(29)18-8-1-2-9-19(18)31-22(24)25/h1-3,6-9,13,15,22H,4-5,10-12,14H2,(H,26,28). The normalized spacial score (nSPS) is 16.1. The molecule has 1 aliphatic rings. The van der Waals surface area contributed by atoms with E-state index in [2.05, 4.69) is 10.1 Å². The van der Waals surface area contributed by atoms with Gasteiger partial charge in [-0.25, -0.2) is 0 Å². The average molecular weight is 453 g/mol. The molecule has 6 nitrogen and oxygen atoms in total. The Kier molecular flexibility index (Phi) is 8.06. The number of halogens is 3. The van der Waals surface area contributed by atoms with E-state index in [1.54, 1.807) is 30.3 Å². The highest BCUT2D eigenvalue weighted by molar-refractivity contribution is 6.30. The molecule has 0 radical (unpaired) electrons. The van der Waals surface area contributed by atoms with Gasteiger partial charge in [0.25, 0.3) is 5.91 Å². The number of para-hydroxylation sites is 1. The molecule has 166 valence electrons. The summed E-state index contributed by atoms with van der Waals surface area (Å²) in [6, 6.07) is 12.8. The van der Waals surface area contributed by atoms with Gasteiger partial charge in [0.1, 0.15) is 18.1 Å². The Morgan fingerprint density at radius 2 is 2.00 bits per heavy atom. The van der Waals surface area contributed by atoms with E-state index in [-0.39, 0.29) is 36.3 Å².